The predicted octanol–water partition coefficient (Wildman–Crippen LogP) is 1.27. The third-order valence-electron chi connectivity index (χ3n) is 4.31. The van der Waals surface area contributed by atoms with E-state index in [1.54, 1.807) is 7.11 Å². The second kappa shape index (κ2) is 5.26. The highest BCUT2D eigenvalue weighted by atomic mass is 16.5. The highest BCUT2D eigenvalue weighted by molar-refractivity contribution is 5.80. The number of rotatable bonds is 5. The Balaban J connectivity index is 1.93. The van der Waals surface area contributed by atoms with Gasteiger partial charge < -0.3 is 14.7 Å². The summed E-state index contributed by atoms with van der Waals surface area (Å²) in [6, 6.07) is 0.0827. The van der Waals surface area contributed by atoms with Gasteiger partial charge in [0, 0.05) is 25.6 Å². The van der Waals surface area contributed by atoms with Crippen molar-refractivity contribution in [2.45, 2.75) is 57.2 Å². The number of carbonyl (C=O) groups excluding carboxylic acids is 1. The average Bonchev–Trinajstić information content (AvgIpc) is 2.92. The number of carbonyl (C=O) groups is 2. The molecule has 2 aliphatic rings. The number of hydrogen-bond donors (Lipinski definition) is 1. The first-order chi connectivity index (χ1) is 8.54. The van der Waals surface area contributed by atoms with Crippen molar-refractivity contribution in [3.63, 3.8) is 0 Å². The molecular formula is C13H21NO4. The number of aliphatic carboxylic acids is 1. The van der Waals surface area contributed by atoms with Crippen LogP contribution in [-0.4, -0.2) is 47.2 Å². The molecule has 4 atom stereocenters. The smallest absolute Gasteiger partial charge is 0.308 e. The Morgan fingerprint density at radius 2 is 2.17 bits per heavy atom. The van der Waals surface area contributed by atoms with Gasteiger partial charge in [-0.2, -0.15) is 0 Å². The first kappa shape index (κ1) is 13.3. The molecule has 0 aromatic heterocycles. The molecule has 0 aliphatic carbocycles. The van der Waals surface area contributed by atoms with Crippen molar-refractivity contribution in [3.8, 4) is 0 Å². The van der Waals surface area contributed by atoms with Crippen molar-refractivity contribution in [2.24, 2.45) is 5.92 Å². The van der Waals surface area contributed by atoms with Gasteiger partial charge in [0.25, 0.3) is 0 Å². The van der Waals surface area contributed by atoms with E-state index < -0.39 is 5.97 Å². The van der Waals surface area contributed by atoms with Crippen molar-refractivity contribution in [1.82, 2.24) is 4.90 Å². The van der Waals surface area contributed by atoms with Crippen LogP contribution >= 0.6 is 0 Å². The lowest BCUT2D eigenvalue weighted by molar-refractivity contribution is -0.143. The molecule has 0 spiro atoms. The maximum Gasteiger partial charge on any atom is 0.308 e. The van der Waals surface area contributed by atoms with Crippen molar-refractivity contribution in [1.29, 1.82) is 0 Å². The van der Waals surface area contributed by atoms with Crippen LogP contribution in [-0.2, 0) is 14.3 Å². The Kier molecular flexibility index (Phi) is 3.90. The van der Waals surface area contributed by atoms with E-state index in [0.29, 0.717) is 19.3 Å². The SMILES string of the molecule is COC(C)CCC(=O)N1C2CCC1C(C(=O)O)C2. The zero-order chi connectivity index (χ0) is 13.3. The highest BCUT2D eigenvalue weighted by Gasteiger charge is 2.50. The first-order valence-corrected chi connectivity index (χ1v) is 6.61. The Bertz CT molecular complexity index is 344. The molecule has 5 nitrogen and oxygen atoms in total. The third-order valence-corrected chi connectivity index (χ3v) is 4.31. The van der Waals surface area contributed by atoms with Crippen LogP contribution in [0.25, 0.3) is 0 Å². The van der Waals surface area contributed by atoms with E-state index in [1.165, 1.54) is 0 Å². The summed E-state index contributed by atoms with van der Waals surface area (Å²) in [5, 5.41) is 9.13. The Labute approximate surface area is 107 Å². The molecule has 2 bridgehead atoms. The van der Waals surface area contributed by atoms with Gasteiger partial charge in [0.05, 0.1) is 12.0 Å². The summed E-state index contributed by atoms with van der Waals surface area (Å²) < 4.78 is 5.13. The summed E-state index contributed by atoms with van der Waals surface area (Å²) >= 11 is 0. The number of fused-ring (bicyclic) bond motifs is 2. The molecule has 2 heterocycles. The third kappa shape index (κ3) is 2.36. The first-order valence-electron chi connectivity index (χ1n) is 6.61. The van der Waals surface area contributed by atoms with Crippen molar-refractivity contribution >= 4 is 11.9 Å². The van der Waals surface area contributed by atoms with Gasteiger partial charge >= 0.3 is 5.97 Å². The number of methoxy groups -OCH3 is 1. The van der Waals surface area contributed by atoms with Gasteiger partial charge in [0.15, 0.2) is 0 Å². The predicted molar refractivity (Wildman–Crippen MR) is 65.1 cm³/mol. The molecule has 4 unspecified atom stereocenters. The van der Waals surface area contributed by atoms with Crippen LogP contribution in [0.3, 0.4) is 0 Å². The molecule has 18 heavy (non-hydrogen) atoms. The molecule has 0 radical (unpaired) electrons. The summed E-state index contributed by atoms with van der Waals surface area (Å²) in [6.45, 7) is 1.94. The van der Waals surface area contributed by atoms with Gasteiger partial charge in [-0.3, -0.25) is 9.59 Å². The van der Waals surface area contributed by atoms with Crippen LogP contribution in [0.5, 0.6) is 0 Å². The topological polar surface area (TPSA) is 66.8 Å². The van der Waals surface area contributed by atoms with Crippen molar-refractivity contribution < 1.29 is 19.4 Å². The number of amides is 1. The molecule has 102 valence electrons. The van der Waals surface area contributed by atoms with E-state index in [0.717, 1.165) is 12.8 Å². The zero-order valence-corrected chi connectivity index (χ0v) is 11.0. The van der Waals surface area contributed by atoms with E-state index in [2.05, 4.69) is 0 Å². The van der Waals surface area contributed by atoms with Crippen LogP contribution in [0.2, 0.25) is 0 Å². The molecular weight excluding hydrogens is 234 g/mol. The minimum Gasteiger partial charge on any atom is -0.481 e. The van der Waals surface area contributed by atoms with Gasteiger partial charge in [-0.1, -0.05) is 0 Å². The van der Waals surface area contributed by atoms with E-state index in [4.69, 9.17) is 9.84 Å². The van der Waals surface area contributed by atoms with Gasteiger partial charge in [-0.15, -0.1) is 0 Å². The van der Waals surface area contributed by atoms with Crippen molar-refractivity contribution in [2.75, 3.05) is 7.11 Å². The summed E-state index contributed by atoms with van der Waals surface area (Å²) in [6.07, 6.45) is 3.65. The zero-order valence-electron chi connectivity index (χ0n) is 11.0. The number of carboxylic acids is 1. The van der Waals surface area contributed by atoms with Gasteiger partial charge in [0.2, 0.25) is 5.91 Å². The van der Waals surface area contributed by atoms with Crippen LogP contribution in [0.4, 0.5) is 0 Å². The Morgan fingerprint density at radius 3 is 2.72 bits per heavy atom. The van der Waals surface area contributed by atoms with Gasteiger partial charge in [-0.25, -0.2) is 0 Å². The number of ether oxygens (including phenoxy) is 1. The normalized spacial score (nSPS) is 31.7. The van der Waals surface area contributed by atoms with Crippen LogP contribution in [0.15, 0.2) is 0 Å². The fraction of sp³-hybridized carbons (Fsp3) is 0.846. The van der Waals surface area contributed by atoms with E-state index in [-0.39, 0.29) is 30.0 Å². The molecule has 0 aromatic rings. The fourth-order valence-corrected chi connectivity index (χ4v) is 3.22. The molecule has 0 saturated carbocycles. The summed E-state index contributed by atoms with van der Waals surface area (Å²) in [5.41, 5.74) is 0. The van der Waals surface area contributed by atoms with Crippen molar-refractivity contribution in [3.05, 3.63) is 0 Å². The van der Waals surface area contributed by atoms with Gasteiger partial charge in [0.1, 0.15) is 0 Å². The summed E-state index contributed by atoms with van der Waals surface area (Å²) in [7, 11) is 1.63. The number of hydrogen-bond acceptors (Lipinski definition) is 3. The molecule has 2 fully saturated rings. The molecule has 1 N–H and O–H groups in total. The van der Waals surface area contributed by atoms with Crippen LogP contribution in [0.1, 0.15) is 39.0 Å². The molecule has 5 heteroatoms. The maximum atomic E-state index is 12.2. The lowest BCUT2D eigenvalue weighted by Gasteiger charge is -2.23. The summed E-state index contributed by atoms with van der Waals surface area (Å²) in [4.78, 5) is 25.1. The quantitative estimate of drug-likeness (QED) is 0.803. The monoisotopic (exact) mass is 255 g/mol. The average molecular weight is 255 g/mol. The molecule has 2 saturated heterocycles. The van der Waals surface area contributed by atoms with E-state index in [1.807, 2.05) is 11.8 Å². The highest BCUT2D eigenvalue weighted by Crippen LogP contribution is 2.42. The fourth-order valence-electron chi connectivity index (χ4n) is 3.22. The van der Waals surface area contributed by atoms with E-state index >= 15 is 0 Å². The van der Waals surface area contributed by atoms with Gasteiger partial charge in [-0.05, 0) is 32.6 Å². The van der Waals surface area contributed by atoms with E-state index in [9.17, 15) is 9.59 Å². The largest absolute Gasteiger partial charge is 0.481 e. The standard InChI is InChI=1S/C13H21NO4/c1-8(18-2)3-6-12(15)14-9-4-5-11(14)10(7-9)13(16)17/h8-11H,3-7H2,1-2H3,(H,16,17). The number of nitrogens with zero attached hydrogens (tertiary/aromatic N) is 1. The minimum atomic E-state index is -0.759. The Morgan fingerprint density at radius 1 is 1.44 bits per heavy atom. The second-order valence-electron chi connectivity index (χ2n) is 5.36. The molecule has 0 aromatic carbocycles. The molecule has 2 aliphatic heterocycles. The minimum absolute atomic E-state index is 0.0714. The Hall–Kier alpha value is -1.10. The second-order valence-corrected chi connectivity index (χ2v) is 5.36. The summed E-state index contributed by atoms with van der Waals surface area (Å²) in [5.74, 6) is -1.02. The molecule has 2 rings (SSSR count). The maximum absolute atomic E-state index is 12.2. The molecule has 1 amide bonds. The lowest BCUT2D eigenvalue weighted by Crippen LogP contribution is -2.38. The number of carboxylic acid groups (broad SMARTS) is 1. The van der Waals surface area contributed by atoms with Crippen LogP contribution < -0.4 is 0 Å². The van der Waals surface area contributed by atoms with Crippen LogP contribution in [0, 0.1) is 5.92 Å². The lowest BCUT2D eigenvalue weighted by atomic mass is 9.89.